The lowest BCUT2D eigenvalue weighted by molar-refractivity contribution is -0.267. The zero-order valence-electron chi connectivity index (χ0n) is 10.2. The van der Waals surface area contributed by atoms with Gasteiger partial charge in [-0.3, -0.25) is 4.79 Å². The number of carbonyl (C=O) groups excluding carboxylic acids is 1. The van der Waals surface area contributed by atoms with Gasteiger partial charge in [-0.2, -0.15) is 22.0 Å². The average Bonchev–Trinajstić information content (AvgIpc) is 2.27. The Labute approximate surface area is 106 Å². The standard InChI is InChI=1S/C12H12F5NO/c1-7(2)8-4-3-5-9(6-8)18-10(19)11(13,14)12(15,16)17/h3-7H,1-2H3,(H,18,19). The van der Waals surface area contributed by atoms with E-state index < -0.39 is 18.0 Å². The predicted molar refractivity (Wildman–Crippen MR) is 60.2 cm³/mol. The fraction of sp³-hybridized carbons (Fsp3) is 0.417. The second-order valence-corrected chi connectivity index (χ2v) is 4.31. The SMILES string of the molecule is CC(C)c1cccc(NC(=O)C(F)(F)C(F)(F)F)c1. The highest BCUT2D eigenvalue weighted by atomic mass is 19.4. The first-order valence-electron chi connectivity index (χ1n) is 5.41. The van der Waals surface area contributed by atoms with E-state index in [2.05, 4.69) is 0 Å². The first-order chi connectivity index (χ1) is 8.55. The molecule has 1 N–H and O–H groups in total. The van der Waals surface area contributed by atoms with Gasteiger partial charge in [-0.05, 0) is 23.6 Å². The van der Waals surface area contributed by atoms with Crippen molar-refractivity contribution in [3.05, 3.63) is 29.8 Å². The van der Waals surface area contributed by atoms with Crippen LogP contribution in [0.5, 0.6) is 0 Å². The van der Waals surface area contributed by atoms with Crippen LogP contribution in [-0.4, -0.2) is 18.0 Å². The van der Waals surface area contributed by atoms with E-state index in [0.29, 0.717) is 5.56 Å². The summed E-state index contributed by atoms with van der Waals surface area (Å²) < 4.78 is 61.4. The number of rotatable bonds is 3. The van der Waals surface area contributed by atoms with E-state index >= 15 is 0 Å². The smallest absolute Gasteiger partial charge is 0.321 e. The van der Waals surface area contributed by atoms with Gasteiger partial charge in [0.25, 0.3) is 0 Å². The highest BCUT2D eigenvalue weighted by Gasteiger charge is 2.63. The highest BCUT2D eigenvalue weighted by Crippen LogP contribution is 2.36. The molecule has 7 heteroatoms. The van der Waals surface area contributed by atoms with Crippen molar-refractivity contribution in [3.63, 3.8) is 0 Å². The molecule has 1 amide bonds. The van der Waals surface area contributed by atoms with Gasteiger partial charge in [-0.15, -0.1) is 0 Å². The quantitative estimate of drug-likeness (QED) is 0.835. The third kappa shape index (κ3) is 3.42. The molecule has 106 valence electrons. The van der Waals surface area contributed by atoms with E-state index in [0.717, 1.165) is 0 Å². The van der Waals surface area contributed by atoms with Gasteiger partial charge in [-0.25, -0.2) is 0 Å². The minimum absolute atomic E-state index is 0.0555. The lowest BCUT2D eigenvalue weighted by Gasteiger charge is -2.19. The van der Waals surface area contributed by atoms with E-state index in [9.17, 15) is 26.7 Å². The van der Waals surface area contributed by atoms with Crippen molar-refractivity contribution in [2.24, 2.45) is 0 Å². The van der Waals surface area contributed by atoms with Crippen LogP contribution < -0.4 is 5.32 Å². The third-order valence-electron chi connectivity index (χ3n) is 2.45. The van der Waals surface area contributed by atoms with Crippen molar-refractivity contribution >= 4 is 11.6 Å². The summed E-state index contributed by atoms with van der Waals surface area (Å²) in [4.78, 5) is 11.0. The maximum atomic E-state index is 12.7. The minimum atomic E-state index is -5.91. The summed E-state index contributed by atoms with van der Waals surface area (Å²) in [7, 11) is 0. The van der Waals surface area contributed by atoms with Crippen molar-refractivity contribution < 1.29 is 26.7 Å². The Balaban J connectivity index is 2.92. The van der Waals surface area contributed by atoms with Crippen molar-refractivity contribution in [1.82, 2.24) is 0 Å². The van der Waals surface area contributed by atoms with Crippen LogP contribution >= 0.6 is 0 Å². The molecule has 0 unspecified atom stereocenters. The Morgan fingerprint density at radius 2 is 1.74 bits per heavy atom. The Kier molecular flexibility index (Phi) is 4.17. The fourth-order valence-corrected chi connectivity index (χ4v) is 1.31. The van der Waals surface area contributed by atoms with E-state index in [1.165, 1.54) is 18.2 Å². The Morgan fingerprint density at radius 3 is 2.21 bits per heavy atom. The summed E-state index contributed by atoms with van der Waals surface area (Å²) in [5, 5.41) is 1.58. The number of hydrogen-bond donors (Lipinski definition) is 1. The molecule has 0 fully saturated rings. The first kappa shape index (κ1) is 15.4. The van der Waals surface area contributed by atoms with Crippen LogP contribution in [0.2, 0.25) is 0 Å². The zero-order chi connectivity index (χ0) is 14.8. The maximum Gasteiger partial charge on any atom is 0.463 e. The number of halogens is 5. The largest absolute Gasteiger partial charge is 0.463 e. The Morgan fingerprint density at radius 1 is 1.16 bits per heavy atom. The number of nitrogens with one attached hydrogen (secondary N) is 1. The second kappa shape index (κ2) is 5.14. The van der Waals surface area contributed by atoms with Gasteiger partial charge in [0.2, 0.25) is 0 Å². The zero-order valence-corrected chi connectivity index (χ0v) is 10.2. The van der Waals surface area contributed by atoms with Crippen LogP contribution in [-0.2, 0) is 4.79 Å². The van der Waals surface area contributed by atoms with Crippen LogP contribution in [0.15, 0.2) is 24.3 Å². The van der Waals surface area contributed by atoms with Gasteiger partial charge in [0, 0.05) is 5.69 Å². The Bertz CT molecular complexity index is 467. The lowest BCUT2D eigenvalue weighted by Crippen LogP contribution is -2.47. The fourth-order valence-electron chi connectivity index (χ4n) is 1.31. The molecule has 0 atom stereocenters. The Hall–Kier alpha value is -1.66. The number of alkyl halides is 5. The normalized spacial score (nSPS) is 12.6. The first-order valence-corrected chi connectivity index (χ1v) is 5.41. The molecule has 0 radical (unpaired) electrons. The van der Waals surface area contributed by atoms with Gasteiger partial charge in [0.05, 0.1) is 0 Å². The van der Waals surface area contributed by atoms with Gasteiger partial charge >= 0.3 is 18.0 Å². The molecule has 0 bridgehead atoms. The highest BCUT2D eigenvalue weighted by molar-refractivity contribution is 5.96. The summed E-state index contributed by atoms with van der Waals surface area (Å²) in [6.07, 6.45) is -5.91. The predicted octanol–water partition coefficient (Wildman–Crippen LogP) is 3.95. The van der Waals surface area contributed by atoms with E-state index in [1.54, 1.807) is 11.4 Å². The number of hydrogen-bond acceptors (Lipinski definition) is 1. The molecule has 0 aromatic heterocycles. The van der Waals surface area contributed by atoms with Gasteiger partial charge in [0.1, 0.15) is 0 Å². The number of carbonyl (C=O) groups is 1. The molecule has 1 aromatic carbocycles. The van der Waals surface area contributed by atoms with Crippen molar-refractivity contribution in [2.45, 2.75) is 31.9 Å². The van der Waals surface area contributed by atoms with E-state index in [4.69, 9.17) is 0 Å². The molecule has 1 aromatic rings. The molecule has 19 heavy (non-hydrogen) atoms. The summed E-state index contributed by atoms with van der Waals surface area (Å²) in [5.41, 5.74) is 0.619. The van der Waals surface area contributed by atoms with Gasteiger partial charge < -0.3 is 5.32 Å². The van der Waals surface area contributed by atoms with Crippen LogP contribution in [0.25, 0.3) is 0 Å². The molecule has 0 saturated carbocycles. The lowest BCUT2D eigenvalue weighted by atomic mass is 10.0. The number of anilines is 1. The second-order valence-electron chi connectivity index (χ2n) is 4.31. The monoisotopic (exact) mass is 281 g/mol. The number of amides is 1. The molecule has 1 rings (SSSR count). The third-order valence-corrected chi connectivity index (χ3v) is 2.45. The average molecular weight is 281 g/mol. The molecule has 0 heterocycles. The summed E-state index contributed by atoms with van der Waals surface area (Å²) in [5.74, 6) is -7.75. The van der Waals surface area contributed by atoms with Crippen LogP contribution in [0.3, 0.4) is 0 Å². The number of benzene rings is 1. The van der Waals surface area contributed by atoms with Crippen molar-refractivity contribution in [1.29, 1.82) is 0 Å². The molecular formula is C12H12F5NO. The van der Waals surface area contributed by atoms with Crippen LogP contribution in [0, 0.1) is 0 Å². The molecule has 0 spiro atoms. The topological polar surface area (TPSA) is 29.1 Å². The maximum absolute atomic E-state index is 12.7. The van der Waals surface area contributed by atoms with Crippen LogP contribution in [0.4, 0.5) is 27.6 Å². The van der Waals surface area contributed by atoms with E-state index in [1.807, 2.05) is 13.8 Å². The summed E-state index contributed by atoms with van der Waals surface area (Å²) in [6, 6.07) is 5.75. The van der Waals surface area contributed by atoms with Gasteiger partial charge in [-0.1, -0.05) is 26.0 Å². The molecule has 0 aliphatic carbocycles. The molecule has 0 aliphatic rings. The molecular weight excluding hydrogens is 269 g/mol. The van der Waals surface area contributed by atoms with E-state index in [-0.39, 0.29) is 11.6 Å². The van der Waals surface area contributed by atoms with Gasteiger partial charge in [0.15, 0.2) is 0 Å². The molecule has 0 aliphatic heterocycles. The van der Waals surface area contributed by atoms with Crippen molar-refractivity contribution in [2.75, 3.05) is 5.32 Å². The van der Waals surface area contributed by atoms with Crippen molar-refractivity contribution in [3.8, 4) is 0 Å². The molecule has 0 saturated heterocycles. The summed E-state index contributed by atoms with van der Waals surface area (Å²) >= 11 is 0. The summed E-state index contributed by atoms with van der Waals surface area (Å²) in [6.45, 7) is 3.65. The van der Waals surface area contributed by atoms with Crippen LogP contribution in [0.1, 0.15) is 25.3 Å². The molecule has 2 nitrogen and oxygen atoms in total. The minimum Gasteiger partial charge on any atom is -0.321 e.